The molecule has 0 spiro atoms. The van der Waals surface area contributed by atoms with E-state index < -0.39 is 41.0 Å². The molecule has 1 saturated heterocycles. The van der Waals surface area contributed by atoms with Gasteiger partial charge in [-0.25, -0.2) is 14.4 Å². The van der Waals surface area contributed by atoms with E-state index in [4.69, 9.17) is 14.2 Å². The Morgan fingerprint density at radius 3 is 2.00 bits per heavy atom. The number of nitrogens with zero attached hydrogens (tertiary/aromatic N) is 1. The number of amides is 2. The van der Waals surface area contributed by atoms with Gasteiger partial charge < -0.3 is 19.5 Å². The summed E-state index contributed by atoms with van der Waals surface area (Å²) in [6.07, 6.45) is 1.80. The van der Waals surface area contributed by atoms with Crippen LogP contribution in [0.3, 0.4) is 0 Å². The van der Waals surface area contributed by atoms with Gasteiger partial charge in [0.05, 0.1) is 5.37 Å². The highest BCUT2D eigenvalue weighted by Gasteiger charge is 2.48. The Balaban J connectivity index is 2.95. The first-order valence-electron chi connectivity index (χ1n) is 11.8. The molecule has 1 aliphatic rings. The predicted octanol–water partition coefficient (Wildman–Crippen LogP) is 5.50. The van der Waals surface area contributed by atoms with Crippen LogP contribution < -0.4 is 5.32 Å². The Bertz CT molecular complexity index is 735. The van der Waals surface area contributed by atoms with Crippen LogP contribution in [0.1, 0.15) is 82.1 Å². The lowest BCUT2D eigenvalue weighted by Crippen LogP contribution is -2.49. The Morgan fingerprint density at radius 1 is 1.00 bits per heavy atom. The molecule has 34 heavy (non-hydrogen) atoms. The second-order valence-corrected chi connectivity index (χ2v) is 13.0. The number of carbonyl (C=O) groups excluding carboxylic acids is 3. The number of thioether (sulfide) groups is 1. The first-order chi connectivity index (χ1) is 15.3. The highest BCUT2D eigenvalue weighted by molar-refractivity contribution is 7.99. The van der Waals surface area contributed by atoms with Crippen LogP contribution in [0.2, 0.25) is 0 Å². The van der Waals surface area contributed by atoms with Crippen molar-refractivity contribution in [2.75, 3.05) is 5.75 Å². The van der Waals surface area contributed by atoms with Crippen LogP contribution in [0.4, 0.5) is 9.59 Å². The molecule has 0 aliphatic carbocycles. The van der Waals surface area contributed by atoms with E-state index in [0.29, 0.717) is 18.6 Å². The molecule has 1 rings (SSSR count). The number of ether oxygens (including phenoxy) is 3. The van der Waals surface area contributed by atoms with Gasteiger partial charge in [0.2, 0.25) is 0 Å². The van der Waals surface area contributed by atoms with Gasteiger partial charge >= 0.3 is 18.2 Å². The van der Waals surface area contributed by atoms with E-state index in [1.54, 1.807) is 47.6 Å². The Labute approximate surface area is 209 Å². The summed E-state index contributed by atoms with van der Waals surface area (Å²) in [7, 11) is 0. The molecular weight excluding hydrogens is 456 g/mol. The van der Waals surface area contributed by atoms with Gasteiger partial charge in [-0.05, 0) is 93.7 Å². The zero-order valence-corrected chi connectivity index (χ0v) is 23.3. The number of hydrogen-bond acceptors (Lipinski definition) is 7. The van der Waals surface area contributed by atoms with Crippen LogP contribution >= 0.6 is 11.8 Å². The number of likely N-dealkylation sites (tertiary alicyclic amines) is 1. The number of nitrogens with one attached hydrogen (secondary N) is 1. The molecule has 196 valence electrons. The standard InChI is InChI=1S/C25H44N2O6S/c1-12-17-15-19(20(28)31-23(3,4)5)27(22(30)33-25(9,10)11)18(17)13-14-34-16(2)26-21(29)32-24(6,7)8/h12,16-19H,1,13-15H2,2-11H3,(H,26,29)/t16?,17-,18-,19-/m1/s1. The smallest absolute Gasteiger partial charge is 0.411 e. The summed E-state index contributed by atoms with van der Waals surface area (Å²) in [5, 5.41) is 2.62. The van der Waals surface area contributed by atoms with Gasteiger partial charge in [0.25, 0.3) is 0 Å². The number of esters is 1. The fourth-order valence-electron chi connectivity index (χ4n) is 3.61. The van der Waals surface area contributed by atoms with Crippen LogP contribution in [0.25, 0.3) is 0 Å². The van der Waals surface area contributed by atoms with E-state index >= 15 is 0 Å². The van der Waals surface area contributed by atoms with Crippen molar-refractivity contribution in [2.45, 2.75) is 116 Å². The molecule has 0 radical (unpaired) electrons. The highest BCUT2D eigenvalue weighted by Crippen LogP contribution is 2.36. The molecule has 1 heterocycles. The van der Waals surface area contributed by atoms with Crippen molar-refractivity contribution in [3.05, 3.63) is 12.7 Å². The number of rotatable bonds is 7. The van der Waals surface area contributed by atoms with Gasteiger partial charge in [-0.3, -0.25) is 4.90 Å². The molecule has 1 N–H and O–H groups in total. The third-order valence-electron chi connectivity index (χ3n) is 4.77. The van der Waals surface area contributed by atoms with E-state index in [0.717, 1.165) is 0 Å². The molecule has 1 unspecified atom stereocenters. The Kier molecular flexibility index (Phi) is 10.4. The van der Waals surface area contributed by atoms with Crippen molar-refractivity contribution in [1.29, 1.82) is 0 Å². The summed E-state index contributed by atoms with van der Waals surface area (Å²) in [5.41, 5.74) is -1.94. The lowest BCUT2D eigenvalue weighted by atomic mass is 9.97. The molecule has 0 saturated carbocycles. The van der Waals surface area contributed by atoms with E-state index in [1.807, 2.05) is 27.7 Å². The minimum Gasteiger partial charge on any atom is -0.458 e. The number of carbonyl (C=O) groups is 3. The topological polar surface area (TPSA) is 94.2 Å². The quantitative estimate of drug-likeness (QED) is 0.213. The van der Waals surface area contributed by atoms with E-state index in [-0.39, 0.29) is 17.3 Å². The van der Waals surface area contributed by atoms with Crippen LogP contribution in [0, 0.1) is 5.92 Å². The van der Waals surface area contributed by atoms with E-state index in [9.17, 15) is 14.4 Å². The van der Waals surface area contributed by atoms with Gasteiger partial charge in [-0.15, -0.1) is 18.3 Å². The van der Waals surface area contributed by atoms with Crippen LogP contribution in [0.15, 0.2) is 12.7 Å². The maximum atomic E-state index is 13.2. The SMILES string of the molecule is C=C[C@@H]1C[C@H](C(=O)OC(C)(C)C)N(C(=O)OC(C)(C)C)[C@@H]1CCSC(C)NC(=O)OC(C)(C)C. The monoisotopic (exact) mass is 500 g/mol. The average molecular weight is 501 g/mol. The summed E-state index contributed by atoms with van der Waals surface area (Å²) in [6.45, 7) is 22.0. The molecule has 0 aromatic carbocycles. The zero-order valence-electron chi connectivity index (χ0n) is 22.5. The lowest BCUT2D eigenvalue weighted by molar-refractivity contribution is -0.160. The van der Waals surface area contributed by atoms with Gasteiger partial charge in [0, 0.05) is 6.04 Å². The molecule has 1 fully saturated rings. The molecule has 0 bridgehead atoms. The highest BCUT2D eigenvalue weighted by atomic mass is 32.2. The van der Waals surface area contributed by atoms with E-state index in [2.05, 4.69) is 11.9 Å². The first-order valence-corrected chi connectivity index (χ1v) is 12.9. The minimum atomic E-state index is -0.746. The second kappa shape index (κ2) is 11.7. The summed E-state index contributed by atoms with van der Waals surface area (Å²) in [5.74, 6) is 0.117. The van der Waals surface area contributed by atoms with Crippen molar-refractivity contribution in [3.8, 4) is 0 Å². The zero-order chi connectivity index (χ0) is 26.5. The maximum absolute atomic E-state index is 13.2. The van der Waals surface area contributed by atoms with Crippen molar-refractivity contribution in [3.63, 3.8) is 0 Å². The minimum absolute atomic E-state index is 0.0836. The molecular formula is C25H44N2O6S. The summed E-state index contributed by atoms with van der Waals surface area (Å²) in [6, 6.07) is -1.02. The number of hydrogen-bond donors (Lipinski definition) is 1. The van der Waals surface area contributed by atoms with Crippen LogP contribution in [-0.4, -0.2) is 63.1 Å². The molecule has 0 aromatic rings. The Morgan fingerprint density at radius 2 is 1.53 bits per heavy atom. The third-order valence-corrected chi connectivity index (χ3v) is 5.86. The van der Waals surface area contributed by atoms with Crippen molar-refractivity contribution in [2.24, 2.45) is 5.92 Å². The van der Waals surface area contributed by atoms with Crippen LogP contribution in [0.5, 0.6) is 0 Å². The average Bonchev–Trinajstić information content (AvgIpc) is 2.95. The third kappa shape index (κ3) is 10.6. The van der Waals surface area contributed by atoms with Gasteiger partial charge in [0.15, 0.2) is 0 Å². The maximum Gasteiger partial charge on any atom is 0.411 e. The molecule has 2 amide bonds. The van der Waals surface area contributed by atoms with Crippen LogP contribution in [-0.2, 0) is 19.0 Å². The van der Waals surface area contributed by atoms with Gasteiger partial charge in [0.1, 0.15) is 22.8 Å². The summed E-state index contributed by atoms with van der Waals surface area (Å²) < 4.78 is 16.6. The fourth-order valence-corrected chi connectivity index (χ4v) is 4.52. The summed E-state index contributed by atoms with van der Waals surface area (Å²) >= 11 is 1.54. The second-order valence-electron chi connectivity index (χ2n) is 11.6. The molecule has 9 heteroatoms. The van der Waals surface area contributed by atoms with Crippen molar-refractivity contribution < 1.29 is 28.6 Å². The molecule has 0 aromatic heterocycles. The normalized spacial score (nSPS) is 22.1. The summed E-state index contributed by atoms with van der Waals surface area (Å²) in [4.78, 5) is 39.7. The van der Waals surface area contributed by atoms with Crippen molar-refractivity contribution in [1.82, 2.24) is 10.2 Å². The number of alkyl carbamates (subject to hydrolysis) is 1. The van der Waals surface area contributed by atoms with Crippen molar-refractivity contribution >= 4 is 29.9 Å². The largest absolute Gasteiger partial charge is 0.458 e. The predicted molar refractivity (Wildman–Crippen MR) is 136 cm³/mol. The van der Waals surface area contributed by atoms with Gasteiger partial charge in [-0.2, -0.15) is 0 Å². The van der Waals surface area contributed by atoms with E-state index in [1.165, 1.54) is 16.7 Å². The first kappa shape index (κ1) is 30.1. The lowest BCUT2D eigenvalue weighted by Gasteiger charge is -2.33. The fraction of sp³-hybridized carbons (Fsp3) is 0.800. The molecule has 1 aliphatic heterocycles. The molecule has 4 atom stereocenters. The Hall–Kier alpha value is -1.90. The van der Waals surface area contributed by atoms with Gasteiger partial charge in [-0.1, -0.05) is 6.08 Å². The molecule has 8 nitrogen and oxygen atoms in total.